The first-order valence-electron chi connectivity index (χ1n) is 7.83. The molecule has 1 fully saturated rings. The highest BCUT2D eigenvalue weighted by Gasteiger charge is 2.39. The normalized spacial score (nSPS) is 26.5. The van der Waals surface area contributed by atoms with Crippen molar-refractivity contribution in [2.24, 2.45) is 5.92 Å². The Morgan fingerprint density at radius 1 is 1.30 bits per heavy atom. The number of aromatic nitrogens is 2. The quantitative estimate of drug-likeness (QED) is 0.894. The van der Waals surface area contributed by atoms with Crippen LogP contribution < -0.4 is 5.32 Å². The third-order valence-electron chi connectivity index (χ3n) is 4.31. The Hall–Kier alpha value is -1.16. The maximum absolute atomic E-state index is 6.15. The molecular formula is C16H27N3O. The van der Waals surface area contributed by atoms with E-state index in [4.69, 9.17) is 14.7 Å². The summed E-state index contributed by atoms with van der Waals surface area (Å²) in [5.41, 5.74) is 0.801. The number of hydrogen-bond acceptors (Lipinski definition) is 4. The molecule has 0 bridgehead atoms. The summed E-state index contributed by atoms with van der Waals surface area (Å²) in [7, 11) is 1.90. The molecule has 112 valence electrons. The number of nitrogens with one attached hydrogen (secondary N) is 1. The molecule has 4 heteroatoms. The predicted octanol–water partition coefficient (Wildman–Crippen LogP) is 3.52. The third kappa shape index (κ3) is 3.11. The molecule has 2 rings (SSSR count). The van der Waals surface area contributed by atoms with Gasteiger partial charge in [-0.25, -0.2) is 9.97 Å². The van der Waals surface area contributed by atoms with Crippen LogP contribution in [0, 0.1) is 5.92 Å². The van der Waals surface area contributed by atoms with Crippen molar-refractivity contribution in [2.75, 3.05) is 19.0 Å². The lowest BCUT2D eigenvalue weighted by Crippen LogP contribution is -2.36. The number of nitrogens with zero attached hydrogens (tertiary/aromatic N) is 2. The molecular weight excluding hydrogens is 250 g/mol. The van der Waals surface area contributed by atoms with Crippen molar-refractivity contribution < 1.29 is 4.74 Å². The average molecular weight is 277 g/mol. The van der Waals surface area contributed by atoms with E-state index in [0.717, 1.165) is 42.5 Å². The second-order valence-electron chi connectivity index (χ2n) is 5.78. The van der Waals surface area contributed by atoms with Crippen molar-refractivity contribution in [1.82, 2.24) is 9.97 Å². The minimum Gasteiger partial charge on any atom is -0.373 e. The van der Waals surface area contributed by atoms with Gasteiger partial charge >= 0.3 is 0 Å². The second-order valence-corrected chi connectivity index (χ2v) is 5.78. The Labute approximate surface area is 122 Å². The molecule has 1 aromatic heterocycles. The van der Waals surface area contributed by atoms with Crippen molar-refractivity contribution in [3.63, 3.8) is 0 Å². The zero-order valence-electron chi connectivity index (χ0n) is 13.2. The predicted molar refractivity (Wildman–Crippen MR) is 81.9 cm³/mol. The zero-order chi connectivity index (χ0) is 14.6. The van der Waals surface area contributed by atoms with Crippen LogP contribution in [-0.2, 0) is 16.8 Å². The van der Waals surface area contributed by atoms with Crippen molar-refractivity contribution in [1.29, 1.82) is 0 Å². The van der Waals surface area contributed by atoms with Crippen LogP contribution in [0.15, 0.2) is 6.07 Å². The molecule has 1 aliphatic rings. The smallest absolute Gasteiger partial charge is 0.162 e. The fourth-order valence-corrected chi connectivity index (χ4v) is 2.95. The van der Waals surface area contributed by atoms with E-state index in [2.05, 4.69) is 26.1 Å². The lowest BCUT2D eigenvalue weighted by Gasteiger charge is -2.38. The van der Waals surface area contributed by atoms with Crippen molar-refractivity contribution >= 4 is 5.82 Å². The van der Waals surface area contributed by atoms with Crippen LogP contribution in [0.5, 0.6) is 0 Å². The van der Waals surface area contributed by atoms with Crippen molar-refractivity contribution in [3.8, 4) is 0 Å². The van der Waals surface area contributed by atoms with Gasteiger partial charge in [0.25, 0.3) is 0 Å². The first kappa shape index (κ1) is 15.2. The van der Waals surface area contributed by atoms with Crippen LogP contribution in [0.1, 0.15) is 58.0 Å². The zero-order valence-corrected chi connectivity index (χ0v) is 13.2. The van der Waals surface area contributed by atoms with Gasteiger partial charge in [-0.05, 0) is 44.9 Å². The standard InChI is InChI=1S/C16H27N3O/c1-5-13-11-14(17-4)19-15(18-13)16(20-6-2)9-7-12(3)8-10-16/h11-12H,5-10H2,1-4H3,(H,17,18,19). The second kappa shape index (κ2) is 6.53. The molecule has 0 radical (unpaired) electrons. The summed E-state index contributed by atoms with van der Waals surface area (Å²) in [5.74, 6) is 2.54. The molecule has 20 heavy (non-hydrogen) atoms. The molecule has 1 aliphatic carbocycles. The van der Waals surface area contributed by atoms with Crippen LogP contribution in [0.3, 0.4) is 0 Å². The molecule has 4 nitrogen and oxygen atoms in total. The summed E-state index contributed by atoms with van der Waals surface area (Å²) in [6.07, 6.45) is 5.35. The first-order valence-corrected chi connectivity index (χ1v) is 7.83. The van der Waals surface area contributed by atoms with E-state index in [9.17, 15) is 0 Å². The number of anilines is 1. The van der Waals surface area contributed by atoms with E-state index in [1.807, 2.05) is 13.1 Å². The van der Waals surface area contributed by atoms with Gasteiger partial charge < -0.3 is 10.1 Å². The minimum absolute atomic E-state index is 0.280. The maximum Gasteiger partial charge on any atom is 0.162 e. The van der Waals surface area contributed by atoms with Crippen LogP contribution in [0.4, 0.5) is 5.82 Å². The maximum atomic E-state index is 6.15. The summed E-state index contributed by atoms with van der Waals surface area (Å²) in [6, 6.07) is 2.02. The van der Waals surface area contributed by atoms with Gasteiger partial charge in [0, 0.05) is 25.4 Å². The Morgan fingerprint density at radius 3 is 2.55 bits per heavy atom. The van der Waals surface area contributed by atoms with Crippen LogP contribution in [0.2, 0.25) is 0 Å². The first-order chi connectivity index (χ1) is 9.63. The van der Waals surface area contributed by atoms with Crippen LogP contribution >= 0.6 is 0 Å². The van der Waals surface area contributed by atoms with Gasteiger partial charge in [-0.1, -0.05) is 13.8 Å². The molecule has 0 aromatic carbocycles. The molecule has 0 unspecified atom stereocenters. The Kier molecular flexibility index (Phi) is 4.97. The van der Waals surface area contributed by atoms with E-state index in [0.29, 0.717) is 6.61 Å². The van der Waals surface area contributed by atoms with E-state index in [-0.39, 0.29) is 5.60 Å². The van der Waals surface area contributed by atoms with Crippen molar-refractivity contribution in [2.45, 2.75) is 58.5 Å². The van der Waals surface area contributed by atoms with E-state index >= 15 is 0 Å². The van der Waals surface area contributed by atoms with Gasteiger partial charge in [0.1, 0.15) is 11.4 Å². The summed E-state index contributed by atoms with van der Waals surface area (Å²) >= 11 is 0. The molecule has 0 spiro atoms. The third-order valence-corrected chi connectivity index (χ3v) is 4.31. The fourth-order valence-electron chi connectivity index (χ4n) is 2.95. The summed E-state index contributed by atoms with van der Waals surface area (Å²) in [5, 5.41) is 3.14. The number of rotatable bonds is 5. The summed E-state index contributed by atoms with van der Waals surface area (Å²) in [6.45, 7) is 7.21. The molecule has 1 aromatic rings. The minimum atomic E-state index is -0.280. The average Bonchev–Trinajstić information content (AvgIpc) is 2.49. The molecule has 0 amide bonds. The fraction of sp³-hybridized carbons (Fsp3) is 0.750. The topological polar surface area (TPSA) is 47.0 Å². The molecule has 1 saturated carbocycles. The number of aryl methyl sites for hydroxylation is 1. The molecule has 0 aliphatic heterocycles. The van der Waals surface area contributed by atoms with Gasteiger partial charge in [0.05, 0.1) is 0 Å². The van der Waals surface area contributed by atoms with Gasteiger partial charge in [-0.3, -0.25) is 0 Å². The summed E-state index contributed by atoms with van der Waals surface area (Å²) in [4.78, 5) is 9.46. The Bertz CT molecular complexity index is 417. The highest BCUT2D eigenvalue weighted by atomic mass is 16.5. The molecule has 0 atom stereocenters. The van der Waals surface area contributed by atoms with Gasteiger partial charge in [0.15, 0.2) is 5.82 Å². The van der Waals surface area contributed by atoms with Gasteiger partial charge in [-0.2, -0.15) is 0 Å². The monoisotopic (exact) mass is 277 g/mol. The molecule has 1 N–H and O–H groups in total. The largest absolute Gasteiger partial charge is 0.373 e. The van der Waals surface area contributed by atoms with Crippen LogP contribution in [0.25, 0.3) is 0 Å². The van der Waals surface area contributed by atoms with Gasteiger partial charge in [0.2, 0.25) is 0 Å². The van der Waals surface area contributed by atoms with Crippen LogP contribution in [-0.4, -0.2) is 23.6 Å². The van der Waals surface area contributed by atoms with E-state index in [1.165, 1.54) is 12.8 Å². The van der Waals surface area contributed by atoms with Crippen molar-refractivity contribution in [3.05, 3.63) is 17.6 Å². The van der Waals surface area contributed by atoms with Gasteiger partial charge in [-0.15, -0.1) is 0 Å². The molecule has 0 saturated heterocycles. The number of hydrogen-bond donors (Lipinski definition) is 1. The number of ether oxygens (including phenoxy) is 1. The highest BCUT2D eigenvalue weighted by molar-refractivity contribution is 5.36. The van der Waals surface area contributed by atoms with E-state index in [1.54, 1.807) is 0 Å². The Morgan fingerprint density at radius 2 is 2.00 bits per heavy atom. The molecule has 1 heterocycles. The Balaban J connectivity index is 2.38. The lowest BCUT2D eigenvalue weighted by molar-refractivity contribution is -0.0837. The lowest BCUT2D eigenvalue weighted by atomic mass is 9.78. The SMILES string of the molecule is CCOC1(c2nc(CC)cc(NC)n2)CCC(C)CC1. The highest BCUT2D eigenvalue weighted by Crippen LogP contribution is 2.41. The summed E-state index contributed by atoms with van der Waals surface area (Å²) < 4.78 is 6.15. The van der Waals surface area contributed by atoms with E-state index < -0.39 is 0 Å².